The van der Waals surface area contributed by atoms with E-state index in [1.54, 1.807) is 0 Å². The average Bonchev–Trinajstić information content (AvgIpc) is 3.02. The van der Waals surface area contributed by atoms with Crippen molar-refractivity contribution in [3.05, 3.63) is 101 Å². The number of hydrogen-bond acceptors (Lipinski definition) is 3. The van der Waals surface area contributed by atoms with Crippen LogP contribution in [-0.2, 0) is 6.42 Å². The highest BCUT2D eigenvalue weighted by molar-refractivity contribution is 5.96. The van der Waals surface area contributed by atoms with E-state index in [-0.39, 0.29) is 5.92 Å². The molecular formula is C45H65N3. The predicted molar refractivity (Wildman–Crippen MR) is 214 cm³/mol. The number of rotatable bonds is 17. The lowest BCUT2D eigenvalue weighted by Gasteiger charge is -2.30. The highest BCUT2D eigenvalue weighted by Crippen LogP contribution is 2.38. The van der Waals surface area contributed by atoms with Crippen LogP contribution in [0, 0.1) is 36.5 Å². The number of nitrogens with one attached hydrogen (secondary N) is 1. The van der Waals surface area contributed by atoms with Crippen molar-refractivity contribution in [2.45, 2.75) is 88.5 Å². The first-order valence-electron chi connectivity index (χ1n) is 18.8. The Morgan fingerprint density at radius 2 is 1.06 bits per heavy atom. The summed E-state index contributed by atoms with van der Waals surface area (Å²) >= 11 is 0. The number of benzene rings is 4. The lowest BCUT2D eigenvalue weighted by atomic mass is 9.82. The fraction of sp³-hybridized carbons (Fsp3) is 0.511. The lowest BCUT2D eigenvalue weighted by molar-refractivity contribution is 0.552. The quantitative estimate of drug-likeness (QED) is 0.123. The molecule has 0 fully saturated rings. The van der Waals surface area contributed by atoms with E-state index in [4.69, 9.17) is 0 Å². The Morgan fingerprint density at radius 3 is 1.58 bits per heavy atom. The van der Waals surface area contributed by atoms with Gasteiger partial charge in [0.15, 0.2) is 0 Å². The van der Waals surface area contributed by atoms with Crippen LogP contribution in [0.1, 0.15) is 97.4 Å². The van der Waals surface area contributed by atoms with Gasteiger partial charge < -0.3 is 15.1 Å². The second-order valence-electron chi connectivity index (χ2n) is 16.4. The molecule has 260 valence electrons. The fourth-order valence-electron chi connectivity index (χ4n) is 7.08. The third-order valence-electron chi connectivity index (χ3n) is 9.15. The minimum atomic E-state index is 0.235. The Labute approximate surface area is 294 Å². The molecule has 4 rings (SSSR count). The van der Waals surface area contributed by atoms with Crippen LogP contribution in [0.3, 0.4) is 0 Å². The molecule has 0 saturated heterocycles. The monoisotopic (exact) mass is 648 g/mol. The summed E-state index contributed by atoms with van der Waals surface area (Å²) in [5.41, 5.74) is 9.49. The first-order chi connectivity index (χ1) is 22.8. The van der Waals surface area contributed by atoms with E-state index in [1.807, 2.05) is 0 Å². The molecule has 4 aromatic carbocycles. The maximum atomic E-state index is 3.74. The average molecular weight is 648 g/mol. The molecule has 0 aromatic heterocycles. The summed E-state index contributed by atoms with van der Waals surface area (Å²) in [4.78, 5) is 5.15. The van der Waals surface area contributed by atoms with Gasteiger partial charge in [-0.3, -0.25) is 0 Å². The van der Waals surface area contributed by atoms with Gasteiger partial charge in [0.25, 0.3) is 0 Å². The zero-order valence-electron chi connectivity index (χ0n) is 32.1. The van der Waals surface area contributed by atoms with Crippen molar-refractivity contribution in [2.75, 3.05) is 47.8 Å². The molecule has 1 N–H and O–H groups in total. The molecule has 1 atom stereocenters. The number of fused-ring (bicyclic) bond motifs is 1. The van der Waals surface area contributed by atoms with Crippen molar-refractivity contribution in [2.24, 2.45) is 29.6 Å². The van der Waals surface area contributed by atoms with Crippen LogP contribution >= 0.6 is 0 Å². The van der Waals surface area contributed by atoms with Crippen LogP contribution in [0.15, 0.2) is 78.9 Å². The van der Waals surface area contributed by atoms with Crippen molar-refractivity contribution in [1.29, 1.82) is 0 Å². The van der Waals surface area contributed by atoms with Crippen molar-refractivity contribution >= 4 is 27.8 Å². The van der Waals surface area contributed by atoms with Gasteiger partial charge in [-0.2, -0.15) is 0 Å². The molecule has 0 bridgehead atoms. The lowest BCUT2D eigenvalue weighted by Crippen LogP contribution is -2.31. The summed E-state index contributed by atoms with van der Waals surface area (Å²) in [5.74, 6) is 3.31. The summed E-state index contributed by atoms with van der Waals surface area (Å²) in [6.45, 7) is 30.7. The van der Waals surface area contributed by atoms with Crippen molar-refractivity contribution in [1.82, 2.24) is 0 Å². The molecule has 0 aliphatic carbocycles. The molecule has 0 aliphatic heterocycles. The third-order valence-corrected chi connectivity index (χ3v) is 9.15. The van der Waals surface area contributed by atoms with Crippen LogP contribution in [-0.4, -0.2) is 32.7 Å². The van der Waals surface area contributed by atoms with E-state index in [2.05, 4.69) is 170 Å². The smallest absolute Gasteiger partial charge is 0.0420 e. The number of hydrogen-bond donors (Lipinski definition) is 1. The van der Waals surface area contributed by atoms with Crippen molar-refractivity contribution < 1.29 is 0 Å². The van der Waals surface area contributed by atoms with Gasteiger partial charge in [0.05, 0.1) is 0 Å². The van der Waals surface area contributed by atoms with Gasteiger partial charge in [-0.05, 0) is 101 Å². The largest absolute Gasteiger partial charge is 0.384 e. The molecule has 4 aromatic rings. The summed E-state index contributed by atoms with van der Waals surface area (Å²) < 4.78 is 0. The summed E-state index contributed by atoms with van der Waals surface area (Å²) in [6.07, 6.45) is 0.963. The molecule has 0 heterocycles. The molecular weight excluding hydrogens is 583 g/mol. The number of nitrogens with zero attached hydrogens (tertiary/aromatic N) is 2. The van der Waals surface area contributed by atoms with Gasteiger partial charge in [-0.1, -0.05) is 118 Å². The van der Waals surface area contributed by atoms with Crippen LogP contribution in [0.4, 0.5) is 17.1 Å². The molecule has 48 heavy (non-hydrogen) atoms. The molecule has 0 saturated carbocycles. The van der Waals surface area contributed by atoms with E-state index in [9.17, 15) is 0 Å². The Kier molecular flexibility index (Phi) is 13.4. The Morgan fingerprint density at radius 1 is 0.542 bits per heavy atom. The highest BCUT2D eigenvalue weighted by atomic mass is 15.1. The Hall–Kier alpha value is -3.46. The molecule has 3 nitrogen and oxygen atoms in total. The molecule has 0 spiro atoms. The topological polar surface area (TPSA) is 18.5 Å². The number of aryl methyl sites for hydroxylation is 1. The minimum absolute atomic E-state index is 0.235. The van der Waals surface area contributed by atoms with Gasteiger partial charge in [0, 0.05) is 61.1 Å². The summed E-state index contributed by atoms with van der Waals surface area (Å²) in [5, 5.41) is 6.39. The Balaban J connectivity index is 1.79. The summed E-state index contributed by atoms with van der Waals surface area (Å²) in [6, 6.07) is 30.5. The highest BCUT2D eigenvalue weighted by Gasteiger charge is 2.22. The van der Waals surface area contributed by atoms with Gasteiger partial charge in [-0.25, -0.2) is 0 Å². The first kappa shape index (κ1) is 37.4. The summed E-state index contributed by atoms with van der Waals surface area (Å²) in [7, 11) is 0. The predicted octanol–water partition coefficient (Wildman–Crippen LogP) is 11.8. The molecule has 0 amide bonds. The molecule has 0 aliphatic rings. The van der Waals surface area contributed by atoms with Gasteiger partial charge in [0.1, 0.15) is 0 Å². The molecule has 1 unspecified atom stereocenters. The maximum absolute atomic E-state index is 3.74. The van der Waals surface area contributed by atoms with Crippen LogP contribution in [0.2, 0.25) is 0 Å². The van der Waals surface area contributed by atoms with Crippen LogP contribution < -0.4 is 15.1 Å². The fourth-order valence-corrected chi connectivity index (χ4v) is 7.08. The van der Waals surface area contributed by atoms with E-state index < -0.39 is 0 Å². The van der Waals surface area contributed by atoms with Crippen LogP contribution in [0.5, 0.6) is 0 Å². The molecule has 3 heteroatoms. The van der Waals surface area contributed by atoms with Gasteiger partial charge in [0.2, 0.25) is 0 Å². The Bertz CT molecular complexity index is 1540. The molecule has 0 radical (unpaired) electrons. The SMILES string of the molecule is Cc1cc(N(CC(C)C)CC(C)C)ccc1CC(c1ccc(N(CC(C)C)CC(C)C)cc1)c1ccc(NCC(C)C)c2ccccc12. The van der Waals surface area contributed by atoms with E-state index in [0.29, 0.717) is 29.6 Å². The second-order valence-corrected chi connectivity index (χ2v) is 16.4. The number of anilines is 3. The zero-order valence-corrected chi connectivity index (χ0v) is 32.1. The van der Waals surface area contributed by atoms with E-state index in [0.717, 1.165) is 39.1 Å². The van der Waals surface area contributed by atoms with Gasteiger partial charge >= 0.3 is 0 Å². The van der Waals surface area contributed by atoms with Gasteiger partial charge in [-0.15, -0.1) is 0 Å². The van der Waals surface area contributed by atoms with Crippen LogP contribution in [0.25, 0.3) is 10.8 Å². The van der Waals surface area contributed by atoms with Crippen molar-refractivity contribution in [3.63, 3.8) is 0 Å². The standard InChI is InChI=1S/C45H65N3/c1-31(2)26-46-45-23-22-42(41-14-12-13-15-43(41)45)44(37-16-19-39(20-17-37)47(27-32(3)4)28-33(5)6)25-38-18-21-40(24-36(38)11)48(29-34(7)8)30-35(9)10/h12-24,31-35,44,46H,25-30H2,1-11H3. The van der Waals surface area contributed by atoms with Crippen molar-refractivity contribution in [3.8, 4) is 0 Å². The second kappa shape index (κ2) is 17.3. The normalized spacial score (nSPS) is 12.6. The zero-order chi connectivity index (χ0) is 35.0. The first-order valence-corrected chi connectivity index (χ1v) is 18.8. The van der Waals surface area contributed by atoms with E-state index >= 15 is 0 Å². The van der Waals surface area contributed by atoms with E-state index in [1.165, 1.54) is 50.1 Å². The maximum Gasteiger partial charge on any atom is 0.0420 e. The third kappa shape index (κ3) is 10.3. The minimum Gasteiger partial charge on any atom is -0.384 e.